The highest BCUT2D eigenvalue weighted by Gasteiger charge is 2.53. The standard InChI is InChI=1S/C49H59BFIN4O12/c1-30(43(59)54-28-40(57)58)55-44(60)41(34-20-21-38(37(52)27-34)63-23-22-53-45(61)66-47(2,3)4)56(9)46(62)65-39(33-18-14-11-15-19-33)26-32-24-35(50-67-48(5,6)49(7,8)68-50)42(36(51)25-32)64-29-31-16-12-10-13-17-31/h10-21,24-25,27,30,39,41H,22-23,26,28-29H2,1-9H3,(H,53,61)(H,54,59)(H,55,60)(H,57,58)/t30-,39?,41-/m0/s1. The van der Waals surface area contributed by atoms with E-state index in [0.29, 0.717) is 31.5 Å². The van der Waals surface area contributed by atoms with Crippen LogP contribution < -0.4 is 30.9 Å². The minimum atomic E-state index is -1.40. The molecule has 0 radical (unpaired) electrons. The highest BCUT2D eigenvalue weighted by Crippen LogP contribution is 2.38. The second kappa shape index (κ2) is 22.9. The summed E-state index contributed by atoms with van der Waals surface area (Å²) >= 11 is 2.01. The van der Waals surface area contributed by atoms with Crippen LogP contribution >= 0.6 is 22.6 Å². The molecule has 364 valence electrons. The lowest BCUT2D eigenvalue weighted by molar-refractivity contribution is -0.138. The number of likely N-dealkylation sites (N-methyl/N-ethyl adjacent to an activating group) is 1. The third-order valence-corrected chi connectivity index (χ3v) is 11.9. The van der Waals surface area contributed by atoms with Crippen molar-refractivity contribution in [2.45, 2.75) is 103 Å². The summed E-state index contributed by atoms with van der Waals surface area (Å²) in [6.07, 6.45) is -2.60. The first-order chi connectivity index (χ1) is 31.9. The van der Waals surface area contributed by atoms with Crippen LogP contribution in [0.15, 0.2) is 91.0 Å². The zero-order chi connectivity index (χ0) is 50.0. The lowest BCUT2D eigenvalue weighted by atomic mass is 9.77. The van der Waals surface area contributed by atoms with Crippen LogP contribution in [0.2, 0.25) is 0 Å². The molecule has 68 heavy (non-hydrogen) atoms. The molecule has 0 saturated carbocycles. The Kier molecular flexibility index (Phi) is 17.9. The molecule has 5 rings (SSSR count). The minimum absolute atomic E-state index is 0.0314. The highest BCUT2D eigenvalue weighted by atomic mass is 127. The molecule has 0 spiro atoms. The van der Waals surface area contributed by atoms with Crippen LogP contribution in [0, 0.1) is 9.39 Å². The average Bonchev–Trinajstić information content (AvgIpc) is 3.49. The van der Waals surface area contributed by atoms with Gasteiger partial charge >= 0.3 is 25.3 Å². The van der Waals surface area contributed by atoms with E-state index < -0.39 is 84.4 Å². The maximum absolute atomic E-state index is 16.5. The molecule has 4 aromatic rings. The predicted molar refractivity (Wildman–Crippen MR) is 260 cm³/mol. The molecule has 0 bridgehead atoms. The third kappa shape index (κ3) is 14.5. The molecule has 0 aliphatic carbocycles. The molecule has 0 aromatic heterocycles. The average molecular weight is 1050 g/mol. The number of nitrogens with one attached hydrogen (secondary N) is 3. The topological polar surface area (TPSA) is 200 Å². The largest absolute Gasteiger partial charge is 0.498 e. The highest BCUT2D eigenvalue weighted by molar-refractivity contribution is 14.1. The molecule has 1 heterocycles. The number of halogens is 2. The molecule has 3 atom stereocenters. The third-order valence-electron chi connectivity index (χ3n) is 11.1. The van der Waals surface area contributed by atoms with Crippen LogP contribution in [-0.2, 0) is 46.2 Å². The molecule has 4 N–H and O–H groups in total. The van der Waals surface area contributed by atoms with Crippen LogP contribution in [-0.4, -0.2) is 96.7 Å². The van der Waals surface area contributed by atoms with Gasteiger partial charge in [0, 0.05) is 18.9 Å². The van der Waals surface area contributed by atoms with Gasteiger partial charge in [-0.15, -0.1) is 0 Å². The summed E-state index contributed by atoms with van der Waals surface area (Å²) < 4.78 is 53.3. The Morgan fingerprint density at radius 3 is 2.07 bits per heavy atom. The molecule has 4 amide bonds. The Hall–Kier alpha value is -5.93. The summed E-state index contributed by atoms with van der Waals surface area (Å²) in [6, 6.07) is 23.4. The number of ether oxygens (including phenoxy) is 4. The fourth-order valence-corrected chi connectivity index (χ4v) is 7.59. The minimum Gasteiger partial charge on any atom is -0.491 e. The number of carbonyl (C=O) groups is 5. The lowest BCUT2D eigenvalue weighted by Gasteiger charge is -2.32. The van der Waals surface area contributed by atoms with E-state index >= 15 is 4.39 Å². The number of carboxylic acid groups (broad SMARTS) is 1. The van der Waals surface area contributed by atoms with Crippen molar-refractivity contribution < 1.29 is 61.7 Å². The monoisotopic (exact) mass is 1050 g/mol. The van der Waals surface area contributed by atoms with Crippen molar-refractivity contribution >= 4 is 65.1 Å². The first kappa shape index (κ1) is 53.0. The van der Waals surface area contributed by atoms with Crippen LogP contribution in [0.1, 0.15) is 89.8 Å². The number of nitrogens with zero attached hydrogens (tertiary/aromatic N) is 1. The summed E-state index contributed by atoms with van der Waals surface area (Å²) in [5.74, 6) is -3.15. The number of hydrogen-bond acceptors (Lipinski definition) is 11. The Balaban J connectivity index is 1.44. The molecule has 1 unspecified atom stereocenters. The van der Waals surface area contributed by atoms with Gasteiger partial charge in [-0.3, -0.25) is 19.3 Å². The van der Waals surface area contributed by atoms with Crippen LogP contribution in [0.4, 0.5) is 14.0 Å². The maximum atomic E-state index is 16.5. The number of carboxylic acids is 1. The van der Waals surface area contributed by atoms with Gasteiger partial charge in [0.15, 0.2) is 11.6 Å². The number of amides is 4. The van der Waals surface area contributed by atoms with E-state index in [4.69, 9.17) is 33.4 Å². The molecule has 16 nitrogen and oxygen atoms in total. The van der Waals surface area contributed by atoms with Crippen molar-refractivity contribution in [3.05, 3.63) is 123 Å². The molecule has 1 saturated heterocycles. The van der Waals surface area contributed by atoms with Crippen molar-refractivity contribution in [3.63, 3.8) is 0 Å². The number of carbonyl (C=O) groups excluding carboxylic acids is 4. The molecule has 1 aliphatic heterocycles. The van der Waals surface area contributed by atoms with Crippen LogP contribution in [0.5, 0.6) is 11.5 Å². The first-order valence-corrected chi connectivity index (χ1v) is 23.0. The molecular formula is C49H59BFIN4O12. The number of aliphatic carboxylic acids is 1. The predicted octanol–water partition coefficient (Wildman–Crippen LogP) is 7.01. The van der Waals surface area contributed by atoms with Crippen LogP contribution in [0.25, 0.3) is 0 Å². The van der Waals surface area contributed by atoms with E-state index in [1.165, 1.54) is 20.0 Å². The number of alkyl carbamates (subject to hydrolysis) is 1. The Morgan fingerprint density at radius 1 is 0.838 bits per heavy atom. The van der Waals surface area contributed by atoms with Gasteiger partial charge in [0.05, 0.1) is 21.3 Å². The maximum Gasteiger partial charge on any atom is 0.498 e. The normalized spacial score (nSPS) is 15.2. The van der Waals surface area contributed by atoms with E-state index in [0.717, 1.165) is 10.5 Å². The van der Waals surface area contributed by atoms with Gasteiger partial charge in [-0.2, -0.15) is 0 Å². The molecule has 1 fully saturated rings. The Bertz CT molecular complexity index is 2410. The van der Waals surface area contributed by atoms with E-state index in [2.05, 4.69) is 16.0 Å². The zero-order valence-corrected chi connectivity index (χ0v) is 41.8. The van der Waals surface area contributed by atoms with Crippen LogP contribution in [0.3, 0.4) is 0 Å². The second-order valence-corrected chi connectivity index (χ2v) is 19.3. The lowest BCUT2D eigenvalue weighted by Crippen LogP contribution is -2.50. The molecule has 1 aliphatic rings. The molecular weight excluding hydrogens is 993 g/mol. The quantitative estimate of drug-likeness (QED) is 0.0426. The Morgan fingerprint density at radius 2 is 1.47 bits per heavy atom. The SMILES string of the molecule is C[C@H](NC(=O)[C@H](c1ccc(OCCNC(=O)OC(C)(C)C)c(I)c1)N(C)C(=O)OC(Cc1cc(F)c(OCc2ccccc2)c(B2OC(C)(C)C(C)(C)O2)c1)c1ccccc1)C(=O)NCC(=O)O. The van der Waals surface area contributed by atoms with E-state index in [9.17, 15) is 24.0 Å². The summed E-state index contributed by atoms with van der Waals surface area (Å²) in [5.41, 5.74) is 0.229. The van der Waals surface area contributed by atoms with Gasteiger partial charge in [-0.25, -0.2) is 14.0 Å². The van der Waals surface area contributed by atoms with Gasteiger partial charge < -0.3 is 49.3 Å². The summed E-state index contributed by atoms with van der Waals surface area (Å²) in [6.45, 7) is 13.8. The fraction of sp³-hybridized carbons (Fsp3) is 0.408. The van der Waals surface area contributed by atoms with Crippen molar-refractivity contribution in [2.24, 2.45) is 0 Å². The van der Waals surface area contributed by atoms with Crippen molar-refractivity contribution in [1.82, 2.24) is 20.9 Å². The first-order valence-electron chi connectivity index (χ1n) is 22.0. The van der Waals surface area contributed by atoms with E-state index in [1.54, 1.807) is 75.4 Å². The Labute approximate surface area is 410 Å². The van der Waals surface area contributed by atoms with Crippen molar-refractivity contribution in [2.75, 3.05) is 26.7 Å². The molecule has 19 heteroatoms. The zero-order valence-electron chi connectivity index (χ0n) is 39.6. The van der Waals surface area contributed by atoms with Gasteiger partial charge in [0.25, 0.3) is 0 Å². The number of rotatable bonds is 19. The van der Waals surface area contributed by atoms with Crippen molar-refractivity contribution in [3.8, 4) is 11.5 Å². The van der Waals surface area contributed by atoms with Gasteiger partial charge in [0.1, 0.15) is 49.3 Å². The molecule has 4 aromatic carbocycles. The van der Waals surface area contributed by atoms with Crippen molar-refractivity contribution in [1.29, 1.82) is 0 Å². The summed E-state index contributed by atoms with van der Waals surface area (Å²) in [4.78, 5) is 65.7. The van der Waals surface area contributed by atoms with Gasteiger partial charge in [0.2, 0.25) is 11.8 Å². The number of hydrogen-bond donors (Lipinski definition) is 4. The summed E-state index contributed by atoms with van der Waals surface area (Å²) in [7, 11) is 0.351. The van der Waals surface area contributed by atoms with Gasteiger partial charge in [-0.1, -0.05) is 72.8 Å². The summed E-state index contributed by atoms with van der Waals surface area (Å²) in [5, 5.41) is 16.5. The smallest absolute Gasteiger partial charge is 0.491 e. The number of benzene rings is 4. The van der Waals surface area contributed by atoms with Gasteiger partial charge in [-0.05, 0) is 118 Å². The fourth-order valence-electron chi connectivity index (χ4n) is 6.89. The van der Waals surface area contributed by atoms with E-state index in [1.807, 2.05) is 80.6 Å². The van der Waals surface area contributed by atoms with E-state index in [-0.39, 0.29) is 31.9 Å². The second-order valence-electron chi connectivity index (χ2n) is 18.2.